The first-order valence-electron chi connectivity index (χ1n) is 4.99. The van der Waals surface area contributed by atoms with E-state index in [0.29, 0.717) is 0 Å². The van der Waals surface area contributed by atoms with Gasteiger partial charge in [-0.05, 0) is 6.92 Å². The van der Waals surface area contributed by atoms with E-state index in [1.165, 1.54) is 0 Å². The molecule has 10 nitrogen and oxygen atoms in total. The molecular formula is C9H16CaO10. The normalized spacial score (nSPS) is 17.4. The molecule has 0 spiro atoms. The summed E-state index contributed by atoms with van der Waals surface area (Å²) in [5.74, 6) is -3.41. The molecule has 0 radical (unpaired) electrons. The van der Waals surface area contributed by atoms with Crippen molar-refractivity contribution in [3.63, 3.8) is 0 Å². The molecule has 0 saturated heterocycles. The molecule has 0 aromatic heterocycles. The minimum Gasteiger partial charge on any atom is -0.547 e. The maximum atomic E-state index is 9.98. The SMILES string of the molecule is CC(O)C(=O)[O-].O=C([O-])[C@H](O)[C@H](O)[C@H](O)[C@@H](O)CO.[Ca+2]. The van der Waals surface area contributed by atoms with Gasteiger partial charge in [0, 0.05) is 0 Å². The van der Waals surface area contributed by atoms with Crippen molar-refractivity contribution in [1.82, 2.24) is 0 Å². The molecule has 0 aliphatic heterocycles. The van der Waals surface area contributed by atoms with Crippen LogP contribution in [0.25, 0.3) is 0 Å². The summed E-state index contributed by atoms with van der Waals surface area (Å²) < 4.78 is 0. The summed E-state index contributed by atoms with van der Waals surface area (Å²) in [5.41, 5.74) is 0. The van der Waals surface area contributed by atoms with Gasteiger partial charge in [0.2, 0.25) is 0 Å². The summed E-state index contributed by atoms with van der Waals surface area (Å²) in [6.45, 7) is 0.271. The van der Waals surface area contributed by atoms with Crippen LogP contribution in [-0.2, 0) is 9.59 Å². The monoisotopic (exact) mass is 324 g/mol. The molecule has 0 fully saturated rings. The summed E-state index contributed by atoms with van der Waals surface area (Å²) in [7, 11) is 0. The van der Waals surface area contributed by atoms with Crippen LogP contribution in [0.1, 0.15) is 6.92 Å². The number of hydrogen-bond donors (Lipinski definition) is 6. The van der Waals surface area contributed by atoms with Crippen molar-refractivity contribution in [3.05, 3.63) is 0 Å². The molecule has 0 aromatic carbocycles. The van der Waals surface area contributed by atoms with E-state index >= 15 is 0 Å². The van der Waals surface area contributed by atoms with Gasteiger partial charge in [0.1, 0.15) is 24.4 Å². The quantitative estimate of drug-likeness (QED) is 0.255. The van der Waals surface area contributed by atoms with E-state index < -0.39 is 49.1 Å². The van der Waals surface area contributed by atoms with Gasteiger partial charge in [-0.15, -0.1) is 0 Å². The average molecular weight is 324 g/mol. The average Bonchev–Trinajstić information content (AvgIpc) is 2.35. The smallest absolute Gasteiger partial charge is 0.547 e. The van der Waals surface area contributed by atoms with Gasteiger partial charge in [-0.25, -0.2) is 0 Å². The molecule has 11 heteroatoms. The van der Waals surface area contributed by atoms with Crippen LogP contribution in [0, 0.1) is 0 Å². The maximum absolute atomic E-state index is 9.98. The number of aliphatic hydroxyl groups is 6. The number of carbonyl (C=O) groups is 2. The number of rotatable bonds is 6. The fourth-order valence-corrected chi connectivity index (χ4v) is 0.662. The number of hydrogen-bond acceptors (Lipinski definition) is 10. The van der Waals surface area contributed by atoms with Crippen LogP contribution in [0.15, 0.2) is 0 Å². The zero-order valence-electron chi connectivity index (χ0n) is 10.6. The Balaban J connectivity index is -0.000000352. The van der Waals surface area contributed by atoms with Crippen LogP contribution in [-0.4, -0.2) is 117 Å². The Kier molecular flexibility index (Phi) is 15.8. The fourth-order valence-electron chi connectivity index (χ4n) is 0.662. The number of aliphatic carboxylic acids is 2. The van der Waals surface area contributed by atoms with Crippen LogP contribution in [0.3, 0.4) is 0 Å². The van der Waals surface area contributed by atoms with Gasteiger partial charge in [0.05, 0.1) is 24.6 Å². The number of carboxylic acid groups (broad SMARTS) is 2. The Morgan fingerprint density at radius 2 is 1.30 bits per heavy atom. The van der Waals surface area contributed by atoms with Gasteiger partial charge < -0.3 is 50.4 Å². The predicted octanol–water partition coefficient (Wildman–Crippen LogP) is -7.09. The minimum absolute atomic E-state index is 0. The zero-order valence-corrected chi connectivity index (χ0v) is 12.8. The summed E-state index contributed by atoms with van der Waals surface area (Å²) in [6, 6.07) is 0. The Bertz CT molecular complexity index is 284. The largest absolute Gasteiger partial charge is 2.00 e. The second-order valence-corrected chi connectivity index (χ2v) is 3.49. The summed E-state index contributed by atoms with van der Waals surface area (Å²) in [4.78, 5) is 19.3. The predicted molar refractivity (Wildman–Crippen MR) is 58.6 cm³/mol. The summed E-state index contributed by atoms with van der Waals surface area (Å²) in [6.07, 6.45) is -9.42. The molecule has 0 aromatic rings. The Hall–Kier alpha value is -0.0403. The molecule has 0 amide bonds. The van der Waals surface area contributed by atoms with Crippen molar-refractivity contribution in [2.45, 2.75) is 37.4 Å². The van der Waals surface area contributed by atoms with Crippen LogP contribution in [0.4, 0.5) is 0 Å². The molecule has 0 aliphatic rings. The Morgan fingerprint density at radius 3 is 1.50 bits per heavy atom. The van der Waals surface area contributed by atoms with E-state index in [1.807, 2.05) is 0 Å². The molecule has 6 N–H and O–H groups in total. The van der Waals surface area contributed by atoms with E-state index in [9.17, 15) is 19.8 Å². The van der Waals surface area contributed by atoms with Gasteiger partial charge in [-0.1, -0.05) is 0 Å². The van der Waals surface area contributed by atoms with E-state index in [1.54, 1.807) is 0 Å². The Morgan fingerprint density at radius 1 is 0.950 bits per heavy atom. The molecule has 1 unspecified atom stereocenters. The van der Waals surface area contributed by atoms with Crippen molar-refractivity contribution in [2.75, 3.05) is 6.61 Å². The van der Waals surface area contributed by atoms with Gasteiger partial charge in [0.15, 0.2) is 0 Å². The Labute approximate surface area is 143 Å². The van der Waals surface area contributed by atoms with E-state index in [4.69, 9.17) is 30.6 Å². The second-order valence-electron chi connectivity index (χ2n) is 3.49. The second kappa shape index (κ2) is 12.7. The maximum Gasteiger partial charge on any atom is 2.00 e. The van der Waals surface area contributed by atoms with Crippen LogP contribution in [0.2, 0.25) is 0 Å². The van der Waals surface area contributed by atoms with Gasteiger partial charge in [0.25, 0.3) is 0 Å². The fraction of sp³-hybridized carbons (Fsp3) is 0.778. The topological polar surface area (TPSA) is 202 Å². The molecule has 114 valence electrons. The molecule has 0 heterocycles. The first-order chi connectivity index (χ1) is 8.56. The molecular weight excluding hydrogens is 308 g/mol. The third-order valence-electron chi connectivity index (χ3n) is 1.84. The van der Waals surface area contributed by atoms with Crippen molar-refractivity contribution in [3.8, 4) is 0 Å². The molecule has 0 aliphatic carbocycles. The first kappa shape index (κ1) is 24.9. The number of carbonyl (C=O) groups excluding carboxylic acids is 2. The van der Waals surface area contributed by atoms with Crippen molar-refractivity contribution >= 4 is 49.7 Å². The standard InChI is InChI=1S/C6H12O7.C3H6O3.Ca/c7-1-2(8)3(9)4(10)5(11)6(12)13;1-2(4)3(5)6;/h2-5,7-11H,1H2,(H,12,13);2,4H,1H3,(H,5,6);/q;;+2/p-2/t2-,3+,4+,5+;;/m0../s1. The van der Waals surface area contributed by atoms with E-state index in [2.05, 4.69) is 0 Å². The third-order valence-corrected chi connectivity index (χ3v) is 1.84. The van der Waals surface area contributed by atoms with E-state index in [-0.39, 0.29) is 37.7 Å². The third kappa shape index (κ3) is 10.7. The van der Waals surface area contributed by atoms with Crippen LogP contribution < -0.4 is 10.2 Å². The van der Waals surface area contributed by atoms with E-state index in [0.717, 1.165) is 6.92 Å². The molecule has 0 rings (SSSR count). The molecule has 0 bridgehead atoms. The first-order valence-corrected chi connectivity index (χ1v) is 4.99. The van der Waals surface area contributed by atoms with Crippen LogP contribution >= 0.6 is 0 Å². The van der Waals surface area contributed by atoms with Crippen LogP contribution in [0.5, 0.6) is 0 Å². The number of carboxylic acids is 2. The van der Waals surface area contributed by atoms with Gasteiger partial charge >= 0.3 is 37.7 Å². The van der Waals surface area contributed by atoms with Gasteiger partial charge in [-0.3, -0.25) is 0 Å². The minimum atomic E-state index is -2.31. The zero-order chi connectivity index (χ0) is 15.7. The van der Waals surface area contributed by atoms with Gasteiger partial charge in [-0.2, -0.15) is 0 Å². The molecule has 0 saturated carbocycles. The summed E-state index contributed by atoms with van der Waals surface area (Å²) >= 11 is 0. The number of aliphatic hydroxyl groups excluding tert-OH is 6. The van der Waals surface area contributed by atoms with Crippen molar-refractivity contribution in [2.24, 2.45) is 0 Å². The molecule has 20 heavy (non-hydrogen) atoms. The van der Waals surface area contributed by atoms with Crippen molar-refractivity contribution in [1.29, 1.82) is 0 Å². The summed E-state index contributed by atoms with van der Waals surface area (Å²) in [5, 5.41) is 70.7. The van der Waals surface area contributed by atoms with Crippen molar-refractivity contribution < 1.29 is 50.4 Å². The molecule has 5 atom stereocenters.